The van der Waals surface area contributed by atoms with E-state index in [0.29, 0.717) is 43.1 Å². The summed E-state index contributed by atoms with van der Waals surface area (Å²) < 4.78 is 25.2. The van der Waals surface area contributed by atoms with Crippen molar-refractivity contribution in [3.8, 4) is 5.75 Å². The van der Waals surface area contributed by atoms with Crippen molar-refractivity contribution in [2.24, 2.45) is 5.41 Å². The summed E-state index contributed by atoms with van der Waals surface area (Å²) in [6.45, 7) is 5.77. The summed E-state index contributed by atoms with van der Waals surface area (Å²) in [5, 5.41) is 3.92. The number of amides is 1. The molecule has 4 aliphatic rings. The zero-order chi connectivity index (χ0) is 23.3. The highest BCUT2D eigenvalue weighted by molar-refractivity contribution is 5.88. The number of halogens is 1. The number of likely N-dealkylation sites (tertiary alicyclic amines) is 2. The Hall–Kier alpha value is -2.48. The van der Waals surface area contributed by atoms with E-state index < -0.39 is 5.67 Å². The molecule has 4 fully saturated rings. The molecule has 8 heteroatoms. The Morgan fingerprint density at radius 3 is 2.65 bits per heavy atom. The van der Waals surface area contributed by atoms with Crippen LogP contribution in [0, 0.1) is 12.3 Å². The Bertz CT molecular complexity index is 1050. The number of piperidine rings is 1. The van der Waals surface area contributed by atoms with E-state index in [1.165, 1.54) is 12.0 Å². The number of hydrogen-bond acceptors (Lipinski definition) is 6. The van der Waals surface area contributed by atoms with Gasteiger partial charge in [-0.3, -0.25) is 4.79 Å². The number of alkyl halides is 1. The third kappa shape index (κ3) is 4.10. The van der Waals surface area contributed by atoms with Gasteiger partial charge in [-0.05, 0) is 75.6 Å². The van der Waals surface area contributed by atoms with Gasteiger partial charge in [-0.15, -0.1) is 0 Å². The number of aryl methyl sites for hydroxylation is 1. The molecular formula is C26H33FN4O3. The van der Waals surface area contributed by atoms with Crippen LogP contribution in [0.2, 0.25) is 0 Å². The molecule has 3 heterocycles. The summed E-state index contributed by atoms with van der Waals surface area (Å²) in [6.07, 6.45) is 6.55. The smallest absolute Gasteiger partial charge is 0.260 e. The Kier molecular flexibility index (Phi) is 5.39. The molecular weight excluding hydrogens is 435 g/mol. The van der Waals surface area contributed by atoms with Gasteiger partial charge >= 0.3 is 0 Å². The fourth-order valence-electron chi connectivity index (χ4n) is 6.36. The monoisotopic (exact) mass is 468 g/mol. The summed E-state index contributed by atoms with van der Waals surface area (Å²) in [4.78, 5) is 20.9. The first kappa shape index (κ1) is 22.0. The fourth-order valence-corrected chi connectivity index (χ4v) is 6.36. The average Bonchev–Trinajstić information content (AvgIpc) is 3.23. The number of para-hydroxylation sites is 1. The van der Waals surface area contributed by atoms with Crippen molar-refractivity contribution < 1.29 is 18.4 Å². The first-order chi connectivity index (χ1) is 16.4. The van der Waals surface area contributed by atoms with Crippen molar-refractivity contribution >= 4 is 5.91 Å². The SMILES string of the molecule is Cc1nc(COc2ccccc2C2CCN([C@H]3CCC4(C3)CN(C(=O)C3(F)CC3)C4)CC2)no1. The van der Waals surface area contributed by atoms with Crippen LogP contribution < -0.4 is 4.74 Å². The van der Waals surface area contributed by atoms with Crippen LogP contribution in [0.3, 0.4) is 0 Å². The topological polar surface area (TPSA) is 71.7 Å². The molecule has 7 nitrogen and oxygen atoms in total. The molecule has 2 saturated carbocycles. The Labute approximate surface area is 199 Å². The van der Waals surface area contributed by atoms with Crippen molar-refractivity contribution in [1.82, 2.24) is 19.9 Å². The first-order valence-electron chi connectivity index (χ1n) is 12.7. The van der Waals surface area contributed by atoms with Gasteiger partial charge in [-0.25, -0.2) is 4.39 Å². The highest BCUT2D eigenvalue weighted by Gasteiger charge is 2.58. The standard InChI is InChI=1S/C26H33FN4O3/c1-18-28-23(29-34-18)15-33-22-5-3-2-4-21(22)19-7-12-30(13-8-19)20-6-9-25(14-20)16-31(17-25)24(32)26(27)10-11-26/h2-5,19-20H,6-17H2,1H3/t20-/m0/s1. The molecule has 0 bridgehead atoms. The van der Waals surface area contributed by atoms with Gasteiger partial charge in [0.2, 0.25) is 11.7 Å². The van der Waals surface area contributed by atoms with Gasteiger partial charge in [0.1, 0.15) is 5.75 Å². The summed E-state index contributed by atoms with van der Waals surface area (Å²) in [5.74, 6) is 2.24. The molecule has 1 aromatic heterocycles. The lowest BCUT2D eigenvalue weighted by molar-refractivity contribution is -0.150. The molecule has 2 aliphatic heterocycles. The minimum absolute atomic E-state index is 0.233. The van der Waals surface area contributed by atoms with Crippen LogP contribution in [0.4, 0.5) is 4.39 Å². The predicted octanol–water partition coefficient (Wildman–Crippen LogP) is 4.02. The van der Waals surface area contributed by atoms with Gasteiger partial charge in [0.15, 0.2) is 12.3 Å². The molecule has 2 aliphatic carbocycles. The quantitative estimate of drug-likeness (QED) is 0.638. The van der Waals surface area contributed by atoms with Crippen molar-refractivity contribution in [2.75, 3.05) is 26.2 Å². The summed E-state index contributed by atoms with van der Waals surface area (Å²) in [7, 11) is 0. The second-order valence-corrected chi connectivity index (χ2v) is 10.9. The number of aromatic nitrogens is 2. The zero-order valence-corrected chi connectivity index (χ0v) is 19.8. The van der Waals surface area contributed by atoms with Gasteiger partial charge in [0, 0.05) is 31.5 Å². The van der Waals surface area contributed by atoms with Crippen LogP contribution in [0.1, 0.15) is 68.1 Å². The first-order valence-corrected chi connectivity index (χ1v) is 12.7. The van der Waals surface area contributed by atoms with Gasteiger partial charge < -0.3 is 19.1 Å². The maximum Gasteiger partial charge on any atom is 0.260 e. The Balaban J connectivity index is 1.01. The summed E-state index contributed by atoms with van der Waals surface area (Å²) in [5.41, 5.74) is -0.0267. The van der Waals surface area contributed by atoms with E-state index >= 15 is 0 Å². The maximum absolute atomic E-state index is 14.1. The number of hydrogen-bond donors (Lipinski definition) is 0. The van der Waals surface area contributed by atoms with Crippen molar-refractivity contribution in [2.45, 2.75) is 76.1 Å². The largest absolute Gasteiger partial charge is 0.485 e. The normalized spacial score (nSPS) is 25.9. The van der Waals surface area contributed by atoms with Crippen LogP contribution in [0.5, 0.6) is 5.75 Å². The number of carbonyl (C=O) groups excluding carboxylic acids is 1. The second-order valence-electron chi connectivity index (χ2n) is 10.9. The van der Waals surface area contributed by atoms with E-state index in [1.54, 1.807) is 11.8 Å². The summed E-state index contributed by atoms with van der Waals surface area (Å²) >= 11 is 0. The lowest BCUT2D eigenvalue weighted by Gasteiger charge is -2.49. The minimum atomic E-state index is -1.52. The van der Waals surface area contributed by atoms with Crippen LogP contribution >= 0.6 is 0 Å². The van der Waals surface area contributed by atoms with Gasteiger partial charge in [-0.2, -0.15) is 4.98 Å². The number of ether oxygens (including phenoxy) is 1. The maximum atomic E-state index is 14.1. The van der Waals surface area contributed by atoms with Crippen LogP contribution in [-0.2, 0) is 11.4 Å². The van der Waals surface area contributed by atoms with Crippen molar-refractivity contribution in [3.05, 3.63) is 41.5 Å². The third-order valence-electron chi connectivity index (χ3n) is 8.42. The third-order valence-corrected chi connectivity index (χ3v) is 8.42. The number of nitrogens with zero attached hydrogens (tertiary/aromatic N) is 4. The lowest BCUT2D eigenvalue weighted by Crippen LogP contribution is -2.60. The second kappa shape index (κ2) is 8.33. The minimum Gasteiger partial charge on any atom is -0.485 e. The molecule has 34 heavy (non-hydrogen) atoms. The zero-order valence-electron chi connectivity index (χ0n) is 19.8. The molecule has 2 aromatic rings. The van der Waals surface area contributed by atoms with E-state index in [-0.39, 0.29) is 11.3 Å². The van der Waals surface area contributed by atoms with Crippen LogP contribution in [-0.4, -0.2) is 63.7 Å². The molecule has 1 atom stereocenters. The molecule has 0 unspecified atom stereocenters. The Morgan fingerprint density at radius 2 is 1.94 bits per heavy atom. The lowest BCUT2D eigenvalue weighted by atomic mass is 9.77. The van der Waals surface area contributed by atoms with Gasteiger partial charge in [0.25, 0.3) is 5.91 Å². The number of rotatable bonds is 6. The number of benzene rings is 1. The summed E-state index contributed by atoms with van der Waals surface area (Å²) in [6, 6.07) is 8.89. The van der Waals surface area contributed by atoms with Gasteiger partial charge in [-0.1, -0.05) is 23.4 Å². The Morgan fingerprint density at radius 1 is 1.18 bits per heavy atom. The molecule has 1 spiro atoms. The molecule has 0 N–H and O–H groups in total. The molecule has 182 valence electrons. The molecule has 1 amide bonds. The van der Waals surface area contributed by atoms with Crippen molar-refractivity contribution in [3.63, 3.8) is 0 Å². The molecule has 6 rings (SSSR count). The van der Waals surface area contributed by atoms with E-state index in [9.17, 15) is 9.18 Å². The van der Waals surface area contributed by atoms with E-state index in [0.717, 1.165) is 57.6 Å². The molecule has 2 saturated heterocycles. The molecule has 0 radical (unpaired) electrons. The predicted molar refractivity (Wildman–Crippen MR) is 123 cm³/mol. The van der Waals surface area contributed by atoms with Gasteiger partial charge in [0.05, 0.1) is 0 Å². The van der Waals surface area contributed by atoms with E-state index in [2.05, 4.69) is 27.2 Å². The van der Waals surface area contributed by atoms with Crippen LogP contribution in [0.15, 0.2) is 28.8 Å². The van der Waals surface area contributed by atoms with Crippen LogP contribution in [0.25, 0.3) is 0 Å². The van der Waals surface area contributed by atoms with E-state index in [1.807, 2.05) is 12.1 Å². The average molecular weight is 469 g/mol. The fraction of sp³-hybridized carbons (Fsp3) is 0.654. The van der Waals surface area contributed by atoms with Crippen molar-refractivity contribution in [1.29, 1.82) is 0 Å². The highest BCUT2D eigenvalue weighted by Crippen LogP contribution is 2.51. The highest BCUT2D eigenvalue weighted by atomic mass is 19.1. The van der Waals surface area contributed by atoms with E-state index in [4.69, 9.17) is 9.26 Å². The molecule has 1 aromatic carbocycles. The number of carbonyl (C=O) groups is 1.